The minimum Gasteiger partial charge on any atom is -0.465 e. The van der Waals surface area contributed by atoms with Crippen LogP contribution in [-0.2, 0) is 14.0 Å². The maximum absolute atomic E-state index is 11.8. The van der Waals surface area contributed by atoms with Gasteiger partial charge in [0.2, 0.25) is 0 Å². The molecule has 0 aromatic heterocycles. The number of methoxy groups -OCH3 is 1. The Morgan fingerprint density at radius 3 is 2.58 bits per heavy atom. The molecule has 1 aliphatic heterocycles. The minimum absolute atomic E-state index is 0.00269. The van der Waals surface area contributed by atoms with Crippen LogP contribution in [0.1, 0.15) is 24.2 Å². The van der Waals surface area contributed by atoms with E-state index in [-0.39, 0.29) is 5.41 Å². The van der Waals surface area contributed by atoms with E-state index >= 15 is 0 Å². The van der Waals surface area contributed by atoms with Crippen molar-refractivity contribution in [3.05, 3.63) is 28.2 Å². The summed E-state index contributed by atoms with van der Waals surface area (Å²) >= 11 is 3.35. The van der Waals surface area contributed by atoms with Crippen molar-refractivity contribution in [1.82, 2.24) is 0 Å². The third kappa shape index (κ3) is 3.38. The molecular formula is C13H16BBrO4. The molecule has 0 amide bonds. The van der Waals surface area contributed by atoms with E-state index in [1.54, 1.807) is 6.07 Å². The molecule has 1 saturated heterocycles. The van der Waals surface area contributed by atoms with E-state index in [0.29, 0.717) is 24.2 Å². The molecule has 1 aromatic rings. The Morgan fingerprint density at radius 2 is 2.00 bits per heavy atom. The zero-order valence-corrected chi connectivity index (χ0v) is 12.8. The van der Waals surface area contributed by atoms with Crippen LogP contribution in [0.3, 0.4) is 0 Å². The molecule has 19 heavy (non-hydrogen) atoms. The Morgan fingerprint density at radius 1 is 1.37 bits per heavy atom. The molecule has 4 nitrogen and oxygen atoms in total. The fourth-order valence-electron chi connectivity index (χ4n) is 1.89. The molecule has 0 unspecified atom stereocenters. The van der Waals surface area contributed by atoms with Crippen LogP contribution in [0, 0.1) is 5.41 Å². The second-order valence-electron chi connectivity index (χ2n) is 5.34. The molecular weight excluding hydrogens is 311 g/mol. The average Bonchev–Trinajstić information content (AvgIpc) is 2.38. The van der Waals surface area contributed by atoms with E-state index in [0.717, 1.165) is 4.47 Å². The van der Waals surface area contributed by atoms with E-state index in [4.69, 9.17) is 14.0 Å². The summed E-state index contributed by atoms with van der Waals surface area (Å²) in [6.07, 6.45) is 0. The Balaban J connectivity index is 2.27. The highest BCUT2D eigenvalue weighted by atomic mass is 79.9. The van der Waals surface area contributed by atoms with Crippen molar-refractivity contribution in [3.8, 4) is 0 Å². The highest BCUT2D eigenvalue weighted by Gasteiger charge is 2.35. The van der Waals surface area contributed by atoms with Crippen molar-refractivity contribution in [1.29, 1.82) is 0 Å². The number of carbonyl (C=O) groups excluding carboxylic acids is 1. The van der Waals surface area contributed by atoms with Crippen molar-refractivity contribution in [2.45, 2.75) is 13.8 Å². The Labute approximate surface area is 121 Å². The normalized spacial score (nSPS) is 18.2. The Hall–Kier alpha value is -0.845. The lowest BCUT2D eigenvalue weighted by Gasteiger charge is -2.33. The number of halogens is 1. The number of hydrogen-bond acceptors (Lipinski definition) is 4. The smallest absolute Gasteiger partial charge is 0.465 e. The number of esters is 1. The van der Waals surface area contributed by atoms with Crippen LogP contribution < -0.4 is 5.46 Å². The predicted molar refractivity (Wildman–Crippen MR) is 76.6 cm³/mol. The van der Waals surface area contributed by atoms with E-state index < -0.39 is 13.1 Å². The SMILES string of the molecule is COC(=O)c1cc(Br)ccc1B1OCC(C)(C)CO1. The highest BCUT2D eigenvalue weighted by Crippen LogP contribution is 2.22. The number of carbonyl (C=O) groups is 1. The summed E-state index contributed by atoms with van der Waals surface area (Å²) < 4.78 is 17.0. The van der Waals surface area contributed by atoms with Crippen LogP contribution in [0.5, 0.6) is 0 Å². The summed E-state index contributed by atoms with van der Waals surface area (Å²) in [7, 11) is 0.842. The van der Waals surface area contributed by atoms with Crippen LogP contribution in [0.4, 0.5) is 0 Å². The van der Waals surface area contributed by atoms with Crippen LogP contribution in [-0.4, -0.2) is 33.4 Å². The Bertz CT molecular complexity index is 480. The van der Waals surface area contributed by atoms with Gasteiger partial charge in [-0.3, -0.25) is 0 Å². The van der Waals surface area contributed by atoms with Crippen molar-refractivity contribution >= 4 is 34.5 Å². The van der Waals surface area contributed by atoms with E-state index in [1.165, 1.54) is 7.11 Å². The molecule has 1 fully saturated rings. The van der Waals surface area contributed by atoms with Gasteiger partial charge in [0.15, 0.2) is 0 Å². The molecule has 102 valence electrons. The first-order chi connectivity index (χ1) is 8.93. The average molecular weight is 327 g/mol. The topological polar surface area (TPSA) is 44.8 Å². The monoisotopic (exact) mass is 326 g/mol. The van der Waals surface area contributed by atoms with Crippen LogP contribution in [0.25, 0.3) is 0 Å². The second-order valence-corrected chi connectivity index (χ2v) is 6.26. The number of benzene rings is 1. The summed E-state index contributed by atoms with van der Waals surface area (Å²) in [5.41, 5.74) is 1.16. The maximum Gasteiger partial charge on any atom is 0.494 e. The quantitative estimate of drug-likeness (QED) is 0.616. The maximum atomic E-state index is 11.8. The molecule has 0 atom stereocenters. The molecule has 1 aromatic carbocycles. The van der Waals surface area contributed by atoms with Gasteiger partial charge >= 0.3 is 13.1 Å². The molecule has 0 spiro atoms. The standard InChI is InChI=1S/C13H16BBrO4/c1-13(2)7-18-14(19-8-13)11-5-4-9(15)6-10(11)12(16)17-3/h4-6H,7-8H2,1-3H3. The predicted octanol–water partition coefficient (Wildman–Crippen LogP) is 2.00. The zero-order valence-electron chi connectivity index (χ0n) is 11.2. The van der Waals surface area contributed by atoms with E-state index in [2.05, 4.69) is 29.8 Å². The van der Waals surface area contributed by atoms with Gasteiger partial charge in [-0.1, -0.05) is 35.8 Å². The largest absolute Gasteiger partial charge is 0.494 e. The fourth-order valence-corrected chi connectivity index (χ4v) is 2.25. The van der Waals surface area contributed by atoms with Crippen LogP contribution in [0.15, 0.2) is 22.7 Å². The van der Waals surface area contributed by atoms with Gasteiger partial charge in [0.25, 0.3) is 0 Å². The Kier molecular flexibility index (Phi) is 4.33. The number of rotatable bonds is 2. The molecule has 2 rings (SSSR count). The van der Waals surface area contributed by atoms with Crippen molar-refractivity contribution in [3.63, 3.8) is 0 Å². The third-order valence-electron chi connectivity index (χ3n) is 2.93. The summed E-state index contributed by atoms with van der Waals surface area (Å²) in [6.45, 7) is 5.33. The summed E-state index contributed by atoms with van der Waals surface area (Å²) in [5.74, 6) is -0.395. The number of ether oxygens (including phenoxy) is 1. The van der Waals surface area contributed by atoms with Crippen molar-refractivity contribution in [2.24, 2.45) is 5.41 Å². The van der Waals surface area contributed by atoms with Gasteiger partial charge in [-0.2, -0.15) is 0 Å². The van der Waals surface area contributed by atoms with Crippen LogP contribution >= 0.6 is 15.9 Å². The molecule has 0 saturated carbocycles. The summed E-state index contributed by atoms with van der Waals surface area (Å²) in [4.78, 5) is 11.8. The lowest BCUT2D eigenvalue weighted by atomic mass is 9.73. The minimum atomic E-state index is -0.518. The fraction of sp³-hybridized carbons (Fsp3) is 0.462. The van der Waals surface area contributed by atoms with Gasteiger partial charge in [-0.05, 0) is 17.6 Å². The van der Waals surface area contributed by atoms with Gasteiger partial charge in [-0.15, -0.1) is 0 Å². The van der Waals surface area contributed by atoms with Gasteiger partial charge < -0.3 is 14.0 Å². The lowest BCUT2D eigenvalue weighted by Crippen LogP contribution is -2.49. The molecule has 1 aliphatic rings. The first-order valence-corrected chi connectivity index (χ1v) is 6.83. The van der Waals surface area contributed by atoms with Gasteiger partial charge in [0.05, 0.1) is 12.7 Å². The zero-order chi connectivity index (χ0) is 14.0. The van der Waals surface area contributed by atoms with Gasteiger partial charge in [0.1, 0.15) is 0 Å². The van der Waals surface area contributed by atoms with E-state index in [1.807, 2.05) is 12.1 Å². The first-order valence-electron chi connectivity index (χ1n) is 6.04. The molecule has 0 bridgehead atoms. The van der Waals surface area contributed by atoms with Gasteiger partial charge in [-0.25, -0.2) is 4.79 Å². The van der Waals surface area contributed by atoms with Gasteiger partial charge in [0, 0.05) is 23.1 Å². The molecule has 0 aliphatic carbocycles. The molecule has 1 heterocycles. The van der Waals surface area contributed by atoms with Crippen molar-refractivity contribution < 1.29 is 18.8 Å². The molecule has 0 radical (unpaired) electrons. The highest BCUT2D eigenvalue weighted by molar-refractivity contribution is 9.10. The lowest BCUT2D eigenvalue weighted by molar-refractivity contribution is 0.0340. The first kappa shape index (κ1) is 14.6. The molecule has 6 heteroatoms. The number of hydrogen-bond donors (Lipinski definition) is 0. The molecule has 0 N–H and O–H groups in total. The third-order valence-corrected chi connectivity index (χ3v) is 3.42. The van der Waals surface area contributed by atoms with Crippen LogP contribution in [0.2, 0.25) is 0 Å². The summed E-state index contributed by atoms with van der Waals surface area (Å²) in [6, 6.07) is 5.39. The van der Waals surface area contributed by atoms with E-state index in [9.17, 15) is 4.79 Å². The second kappa shape index (κ2) is 5.65. The summed E-state index contributed by atoms with van der Waals surface area (Å²) in [5, 5.41) is 0. The van der Waals surface area contributed by atoms with Crippen molar-refractivity contribution in [2.75, 3.05) is 20.3 Å².